The van der Waals surface area contributed by atoms with Crippen LogP contribution in [0.5, 0.6) is 11.5 Å². The van der Waals surface area contributed by atoms with Gasteiger partial charge in [0.25, 0.3) is 5.91 Å². The molecular weight excluding hydrogens is 380 g/mol. The Morgan fingerprint density at radius 1 is 1.03 bits per heavy atom. The third-order valence-corrected chi connectivity index (χ3v) is 4.53. The van der Waals surface area contributed by atoms with Gasteiger partial charge in [-0.15, -0.1) is 0 Å². The van der Waals surface area contributed by atoms with Gasteiger partial charge >= 0.3 is 0 Å². The highest BCUT2D eigenvalue weighted by Gasteiger charge is 2.12. The van der Waals surface area contributed by atoms with Crippen molar-refractivity contribution in [1.82, 2.24) is 4.98 Å². The third-order valence-electron chi connectivity index (χ3n) is 4.53. The first-order valence-corrected chi connectivity index (χ1v) is 9.75. The van der Waals surface area contributed by atoms with Crippen molar-refractivity contribution >= 4 is 22.7 Å². The van der Waals surface area contributed by atoms with Crippen molar-refractivity contribution in [3.05, 3.63) is 72.3 Å². The number of hydrogen-bond donors (Lipinski definition) is 1. The number of ether oxygens (including phenoxy) is 2. The van der Waals surface area contributed by atoms with Gasteiger partial charge in [0, 0.05) is 16.8 Å². The number of fused-ring (bicyclic) bond motifs is 1. The largest absolute Gasteiger partial charge is 0.497 e. The lowest BCUT2D eigenvalue weighted by Crippen LogP contribution is -2.12. The number of rotatable bonds is 7. The molecule has 0 atom stereocenters. The Labute approximate surface area is 174 Å². The second-order valence-electron chi connectivity index (χ2n) is 6.76. The van der Waals surface area contributed by atoms with Crippen LogP contribution in [-0.4, -0.2) is 24.6 Å². The van der Waals surface area contributed by atoms with E-state index in [2.05, 4.69) is 10.3 Å². The standard InChI is InChI=1S/C24H22N2O4/c1-3-12-29-20-9-4-6-16(13-20)23(27)25-18-10-11-22-21(15-18)26-24(30-22)17-7-5-8-19(14-17)28-2/h4-11,13-15H,3,12H2,1-2H3,(H,25,27). The topological polar surface area (TPSA) is 73.6 Å². The van der Waals surface area contributed by atoms with E-state index in [4.69, 9.17) is 13.9 Å². The first-order valence-electron chi connectivity index (χ1n) is 9.75. The van der Waals surface area contributed by atoms with Gasteiger partial charge < -0.3 is 19.2 Å². The lowest BCUT2D eigenvalue weighted by Gasteiger charge is -2.08. The maximum atomic E-state index is 12.6. The zero-order valence-corrected chi connectivity index (χ0v) is 16.8. The molecule has 1 aromatic heterocycles. The molecule has 0 radical (unpaired) electrons. The van der Waals surface area contributed by atoms with Crippen molar-refractivity contribution in [1.29, 1.82) is 0 Å². The average molecular weight is 402 g/mol. The summed E-state index contributed by atoms with van der Waals surface area (Å²) < 4.78 is 16.7. The molecule has 0 saturated heterocycles. The predicted molar refractivity (Wildman–Crippen MR) is 116 cm³/mol. The van der Waals surface area contributed by atoms with Gasteiger partial charge in [0.2, 0.25) is 5.89 Å². The van der Waals surface area contributed by atoms with Crippen LogP contribution >= 0.6 is 0 Å². The Hall–Kier alpha value is -3.80. The minimum Gasteiger partial charge on any atom is -0.497 e. The molecule has 0 saturated carbocycles. The number of amides is 1. The lowest BCUT2D eigenvalue weighted by molar-refractivity contribution is 0.102. The fourth-order valence-electron chi connectivity index (χ4n) is 3.04. The number of carbonyl (C=O) groups excluding carboxylic acids is 1. The van der Waals surface area contributed by atoms with Crippen molar-refractivity contribution < 1.29 is 18.7 Å². The zero-order valence-electron chi connectivity index (χ0n) is 16.8. The van der Waals surface area contributed by atoms with E-state index in [0.29, 0.717) is 40.6 Å². The van der Waals surface area contributed by atoms with Gasteiger partial charge in [-0.05, 0) is 61.0 Å². The number of nitrogens with one attached hydrogen (secondary N) is 1. The van der Waals surface area contributed by atoms with E-state index in [-0.39, 0.29) is 5.91 Å². The summed E-state index contributed by atoms with van der Waals surface area (Å²) in [5.74, 6) is 1.69. The summed E-state index contributed by atoms with van der Waals surface area (Å²) >= 11 is 0. The number of benzene rings is 3. The molecule has 0 unspecified atom stereocenters. The van der Waals surface area contributed by atoms with Gasteiger partial charge in [0.15, 0.2) is 5.58 Å². The molecule has 0 aliphatic heterocycles. The molecule has 1 N–H and O–H groups in total. The molecule has 0 spiro atoms. The summed E-state index contributed by atoms with van der Waals surface area (Å²) in [7, 11) is 1.62. The summed E-state index contributed by atoms with van der Waals surface area (Å²) in [6.45, 7) is 2.65. The van der Waals surface area contributed by atoms with Crippen LogP contribution in [0.4, 0.5) is 5.69 Å². The van der Waals surface area contributed by atoms with Gasteiger partial charge in [-0.25, -0.2) is 4.98 Å². The summed E-state index contributed by atoms with van der Waals surface area (Å²) in [6.07, 6.45) is 0.909. The summed E-state index contributed by atoms with van der Waals surface area (Å²) in [5, 5.41) is 2.90. The highest BCUT2D eigenvalue weighted by Crippen LogP contribution is 2.28. The molecule has 0 aliphatic carbocycles. The van der Waals surface area contributed by atoms with Gasteiger partial charge in [-0.1, -0.05) is 19.1 Å². The van der Waals surface area contributed by atoms with E-state index in [1.807, 2.05) is 37.3 Å². The fourth-order valence-corrected chi connectivity index (χ4v) is 3.04. The number of methoxy groups -OCH3 is 1. The van der Waals surface area contributed by atoms with E-state index < -0.39 is 0 Å². The van der Waals surface area contributed by atoms with Crippen molar-refractivity contribution in [2.45, 2.75) is 13.3 Å². The number of oxazole rings is 1. The number of hydrogen-bond acceptors (Lipinski definition) is 5. The predicted octanol–water partition coefficient (Wildman–Crippen LogP) is 5.54. The lowest BCUT2D eigenvalue weighted by atomic mass is 10.2. The first-order chi connectivity index (χ1) is 14.7. The minimum atomic E-state index is -0.215. The Bertz CT molecular complexity index is 1180. The second kappa shape index (κ2) is 8.69. The Kier molecular flexibility index (Phi) is 5.66. The summed E-state index contributed by atoms with van der Waals surface area (Å²) in [6, 6.07) is 20.0. The van der Waals surface area contributed by atoms with Gasteiger partial charge in [-0.2, -0.15) is 0 Å². The zero-order chi connectivity index (χ0) is 20.9. The first kappa shape index (κ1) is 19.5. The van der Waals surface area contributed by atoms with Crippen LogP contribution in [0.25, 0.3) is 22.6 Å². The third kappa shape index (κ3) is 4.27. The second-order valence-corrected chi connectivity index (χ2v) is 6.76. The fraction of sp³-hybridized carbons (Fsp3) is 0.167. The van der Waals surface area contributed by atoms with E-state index in [1.54, 1.807) is 43.5 Å². The molecule has 6 nitrogen and oxygen atoms in total. The molecule has 4 rings (SSSR count). The minimum absolute atomic E-state index is 0.215. The molecule has 0 fully saturated rings. The monoisotopic (exact) mass is 402 g/mol. The number of aromatic nitrogens is 1. The van der Waals surface area contributed by atoms with E-state index in [9.17, 15) is 4.79 Å². The Morgan fingerprint density at radius 2 is 1.87 bits per heavy atom. The maximum Gasteiger partial charge on any atom is 0.255 e. The highest BCUT2D eigenvalue weighted by molar-refractivity contribution is 6.05. The van der Waals surface area contributed by atoms with Crippen LogP contribution in [-0.2, 0) is 0 Å². The van der Waals surface area contributed by atoms with Gasteiger partial charge in [-0.3, -0.25) is 4.79 Å². The van der Waals surface area contributed by atoms with Crippen LogP contribution < -0.4 is 14.8 Å². The van der Waals surface area contributed by atoms with Crippen molar-refractivity contribution in [3.8, 4) is 23.0 Å². The molecule has 0 aliphatic rings. The highest BCUT2D eigenvalue weighted by atomic mass is 16.5. The maximum absolute atomic E-state index is 12.6. The molecule has 3 aromatic carbocycles. The van der Waals surface area contributed by atoms with Crippen molar-refractivity contribution in [2.24, 2.45) is 0 Å². The van der Waals surface area contributed by atoms with Crippen molar-refractivity contribution in [2.75, 3.05) is 19.0 Å². The van der Waals surface area contributed by atoms with Gasteiger partial charge in [0.05, 0.1) is 13.7 Å². The van der Waals surface area contributed by atoms with Crippen LogP contribution in [0.3, 0.4) is 0 Å². The van der Waals surface area contributed by atoms with Crippen LogP contribution in [0.2, 0.25) is 0 Å². The number of anilines is 1. The molecule has 1 heterocycles. The van der Waals surface area contributed by atoms with E-state index in [0.717, 1.165) is 17.7 Å². The summed E-state index contributed by atoms with van der Waals surface area (Å²) in [5.41, 5.74) is 3.28. The quantitative estimate of drug-likeness (QED) is 0.439. The number of carbonyl (C=O) groups is 1. The number of nitrogens with zero attached hydrogens (tertiary/aromatic N) is 1. The molecule has 152 valence electrons. The molecule has 30 heavy (non-hydrogen) atoms. The average Bonchev–Trinajstić information content (AvgIpc) is 3.21. The smallest absolute Gasteiger partial charge is 0.255 e. The van der Waals surface area contributed by atoms with E-state index >= 15 is 0 Å². The summed E-state index contributed by atoms with van der Waals surface area (Å²) in [4.78, 5) is 17.2. The molecule has 0 bridgehead atoms. The molecule has 6 heteroatoms. The normalized spacial score (nSPS) is 10.7. The van der Waals surface area contributed by atoms with Crippen molar-refractivity contribution in [3.63, 3.8) is 0 Å². The Morgan fingerprint density at radius 3 is 2.70 bits per heavy atom. The van der Waals surface area contributed by atoms with Gasteiger partial charge in [0.1, 0.15) is 17.0 Å². The molecular formula is C24H22N2O4. The SMILES string of the molecule is CCCOc1cccc(C(=O)Nc2ccc3oc(-c4cccc(OC)c4)nc3c2)c1. The van der Waals surface area contributed by atoms with Crippen LogP contribution in [0.1, 0.15) is 23.7 Å². The van der Waals surface area contributed by atoms with Crippen LogP contribution in [0, 0.1) is 0 Å². The van der Waals surface area contributed by atoms with Crippen LogP contribution in [0.15, 0.2) is 71.1 Å². The molecule has 1 amide bonds. The Balaban J connectivity index is 1.54. The molecule has 4 aromatic rings. The van der Waals surface area contributed by atoms with E-state index in [1.165, 1.54) is 0 Å².